The summed E-state index contributed by atoms with van der Waals surface area (Å²) in [6, 6.07) is 4.57. The number of benzene rings is 1. The lowest BCUT2D eigenvalue weighted by molar-refractivity contribution is 0.353. The number of methoxy groups -OCH3 is 2. The largest absolute Gasteiger partial charge is 0.493 e. The Kier molecular flexibility index (Phi) is 4.35. The van der Waals surface area contributed by atoms with Gasteiger partial charge in [-0.1, -0.05) is 19.1 Å². The van der Waals surface area contributed by atoms with Gasteiger partial charge in [0.2, 0.25) is 10.0 Å². The molecule has 0 saturated heterocycles. The first kappa shape index (κ1) is 14.9. The maximum Gasteiger partial charge on any atom is 0.244 e. The average Bonchev–Trinajstić information content (AvgIpc) is 2.95. The fraction of sp³-hybridized carbons (Fsp3) is 0.429. The van der Waals surface area contributed by atoms with Crippen LogP contribution in [0.25, 0.3) is 0 Å². The molecular weight excluding hydrogens is 278 g/mol. The first-order valence-electron chi connectivity index (χ1n) is 6.45. The third-order valence-electron chi connectivity index (χ3n) is 3.39. The standard InChI is InChI=1S/C14H19NO4S/c1-4-11-6-5-9-15(11)20(16,17)12-7-8-13(18-2)14(10-12)19-3/h5-8,10-11H,4,9H2,1-3H3. The number of nitrogens with zero attached hydrogens (tertiary/aromatic N) is 1. The van der Waals surface area contributed by atoms with E-state index in [-0.39, 0.29) is 10.9 Å². The highest BCUT2D eigenvalue weighted by molar-refractivity contribution is 7.89. The third kappa shape index (κ3) is 2.53. The first-order valence-corrected chi connectivity index (χ1v) is 7.89. The van der Waals surface area contributed by atoms with Crippen LogP contribution in [0.4, 0.5) is 0 Å². The van der Waals surface area contributed by atoms with Gasteiger partial charge in [0.15, 0.2) is 11.5 Å². The predicted molar refractivity (Wildman–Crippen MR) is 76.7 cm³/mol. The van der Waals surface area contributed by atoms with Crippen LogP contribution < -0.4 is 9.47 Å². The molecule has 0 N–H and O–H groups in total. The van der Waals surface area contributed by atoms with Crippen molar-refractivity contribution in [3.63, 3.8) is 0 Å². The lowest BCUT2D eigenvalue weighted by atomic mass is 10.2. The molecule has 1 aliphatic heterocycles. The maximum absolute atomic E-state index is 12.7. The van der Waals surface area contributed by atoms with E-state index in [0.29, 0.717) is 18.0 Å². The molecule has 1 heterocycles. The second-order valence-electron chi connectivity index (χ2n) is 4.50. The van der Waals surface area contributed by atoms with Gasteiger partial charge < -0.3 is 9.47 Å². The Morgan fingerprint density at radius 2 is 1.95 bits per heavy atom. The summed E-state index contributed by atoms with van der Waals surface area (Å²) in [6.07, 6.45) is 4.56. The maximum atomic E-state index is 12.7. The van der Waals surface area contributed by atoms with Crippen LogP contribution >= 0.6 is 0 Å². The van der Waals surface area contributed by atoms with Crippen LogP contribution in [0, 0.1) is 0 Å². The summed E-state index contributed by atoms with van der Waals surface area (Å²) in [5, 5.41) is 0. The highest BCUT2D eigenvalue weighted by Gasteiger charge is 2.31. The summed E-state index contributed by atoms with van der Waals surface area (Å²) in [7, 11) is -0.518. The molecule has 1 unspecified atom stereocenters. The monoisotopic (exact) mass is 297 g/mol. The Hall–Kier alpha value is -1.53. The van der Waals surface area contributed by atoms with Crippen molar-refractivity contribution in [3.8, 4) is 11.5 Å². The van der Waals surface area contributed by atoms with Gasteiger partial charge in [0.1, 0.15) is 0 Å². The Balaban J connectivity index is 2.40. The van der Waals surface area contributed by atoms with Crippen LogP contribution in [0.5, 0.6) is 11.5 Å². The van der Waals surface area contributed by atoms with E-state index in [9.17, 15) is 8.42 Å². The number of rotatable bonds is 5. The van der Waals surface area contributed by atoms with Crippen LogP contribution in [-0.2, 0) is 10.0 Å². The van der Waals surface area contributed by atoms with E-state index >= 15 is 0 Å². The van der Waals surface area contributed by atoms with Gasteiger partial charge in [-0.3, -0.25) is 0 Å². The SMILES string of the molecule is CCC1C=CCN1S(=O)(=O)c1ccc(OC)c(OC)c1. The summed E-state index contributed by atoms with van der Waals surface area (Å²) < 4.78 is 37.1. The van der Waals surface area contributed by atoms with Crippen molar-refractivity contribution in [1.82, 2.24) is 4.31 Å². The van der Waals surface area contributed by atoms with Gasteiger partial charge in [-0.2, -0.15) is 4.31 Å². The van der Waals surface area contributed by atoms with Crippen molar-refractivity contribution in [3.05, 3.63) is 30.4 Å². The molecule has 1 atom stereocenters. The highest BCUT2D eigenvalue weighted by Crippen LogP contribution is 2.32. The van der Waals surface area contributed by atoms with Crippen LogP contribution in [0.2, 0.25) is 0 Å². The van der Waals surface area contributed by atoms with Crippen molar-refractivity contribution >= 4 is 10.0 Å². The first-order chi connectivity index (χ1) is 9.54. The van der Waals surface area contributed by atoms with E-state index < -0.39 is 10.0 Å². The number of hydrogen-bond acceptors (Lipinski definition) is 4. The molecule has 110 valence electrons. The molecule has 0 aliphatic carbocycles. The van der Waals surface area contributed by atoms with Crippen molar-refractivity contribution in [2.45, 2.75) is 24.3 Å². The normalized spacial score (nSPS) is 19.2. The molecule has 1 aromatic rings. The summed E-state index contributed by atoms with van der Waals surface area (Å²) in [5.74, 6) is 0.923. The third-order valence-corrected chi connectivity index (χ3v) is 5.28. The van der Waals surface area contributed by atoms with Gasteiger partial charge in [-0.25, -0.2) is 8.42 Å². The summed E-state index contributed by atoms with van der Waals surface area (Å²) >= 11 is 0. The molecule has 0 radical (unpaired) electrons. The number of ether oxygens (including phenoxy) is 2. The van der Waals surface area contributed by atoms with Crippen molar-refractivity contribution in [2.24, 2.45) is 0 Å². The van der Waals surface area contributed by atoms with E-state index in [0.717, 1.165) is 6.42 Å². The van der Waals surface area contributed by atoms with Crippen LogP contribution in [-0.4, -0.2) is 39.5 Å². The Bertz CT molecular complexity index is 610. The van der Waals surface area contributed by atoms with Crippen molar-refractivity contribution < 1.29 is 17.9 Å². The number of sulfonamides is 1. The summed E-state index contributed by atoms with van der Waals surface area (Å²) in [4.78, 5) is 0.220. The fourth-order valence-corrected chi connectivity index (χ4v) is 3.91. The van der Waals surface area contributed by atoms with E-state index in [1.807, 2.05) is 19.1 Å². The van der Waals surface area contributed by atoms with Gasteiger partial charge in [0.05, 0.1) is 19.1 Å². The molecule has 0 amide bonds. The molecule has 0 aromatic heterocycles. The molecular formula is C14H19NO4S. The molecule has 6 heteroatoms. The highest BCUT2D eigenvalue weighted by atomic mass is 32.2. The lowest BCUT2D eigenvalue weighted by Gasteiger charge is -2.23. The van der Waals surface area contributed by atoms with E-state index in [2.05, 4.69) is 0 Å². The minimum atomic E-state index is -3.52. The Morgan fingerprint density at radius 1 is 1.25 bits per heavy atom. The van der Waals surface area contributed by atoms with E-state index in [1.54, 1.807) is 12.1 Å². The minimum absolute atomic E-state index is 0.0758. The molecule has 5 nitrogen and oxygen atoms in total. The minimum Gasteiger partial charge on any atom is -0.493 e. The van der Waals surface area contributed by atoms with Gasteiger partial charge >= 0.3 is 0 Å². The fourth-order valence-electron chi connectivity index (χ4n) is 2.28. The van der Waals surface area contributed by atoms with Gasteiger partial charge in [-0.15, -0.1) is 0 Å². The smallest absolute Gasteiger partial charge is 0.244 e. The van der Waals surface area contributed by atoms with Crippen molar-refractivity contribution in [1.29, 1.82) is 0 Å². The van der Waals surface area contributed by atoms with Gasteiger partial charge in [0, 0.05) is 18.7 Å². The zero-order valence-electron chi connectivity index (χ0n) is 11.9. The molecule has 2 rings (SSSR count). The van der Waals surface area contributed by atoms with E-state index in [1.165, 1.54) is 24.6 Å². The topological polar surface area (TPSA) is 55.8 Å². The average molecular weight is 297 g/mol. The molecule has 1 aromatic carbocycles. The van der Waals surface area contributed by atoms with Crippen LogP contribution in [0.15, 0.2) is 35.2 Å². The zero-order chi connectivity index (χ0) is 14.8. The molecule has 1 aliphatic rings. The summed E-state index contributed by atoms with van der Waals surface area (Å²) in [6.45, 7) is 2.38. The predicted octanol–water partition coefficient (Wildman–Crippen LogP) is 2.04. The van der Waals surface area contributed by atoms with E-state index in [4.69, 9.17) is 9.47 Å². The lowest BCUT2D eigenvalue weighted by Crippen LogP contribution is -2.35. The molecule has 0 spiro atoms. The molecule has 0 saturated carbocycles. The van der Waals surface area contributed by atoms with Gasteiger partial charge in [-0.05, 0) is 18.6 Å². The Labute approximate surface area is 119 Å². The van der Waals surface area contributed by atoms with Crippen LogP contribution in [0.1, 0.15) is 13.3 Å². The Morgan fingerprint density at radius 3 is 2.55 bits per heavy atom. The van der Waals surface area contributed by atoms with Crippen molar-refractivity contribution in [2.75, 3.05) is 20.8 Å². The molecule has 20 heavy (non-hydrogen) atoms. The zero-order valence-corrected chi connectivity index (χ0v) is 12.7. The second kappa shape index (κ2) is 5.85. The summed E-state index contributed by atoms with van der Waals surface area (Å²) in [5.41, 5.74) is 0. The second-order valence-corrected chi connectivity index (χ2v) is 6.39. The number of hydrogen-bond donors (Lipinski definition) is 0. The van der Waals surface area contributed by atoms with Crippen LogP contribution in [0.3, 0.4) is 0 Å². The van der Waals surface area contributed by atoms with Gasteiger partial charge in [0.25, 0.3) is 0 Å². The molecule has 0 fully saturated rings. The quantitative estimate of drug-likeness (QED) is 0.781. The molecule has 0 bridgehead atoms.